The second-order valence-electron chi connectivity index (χ2n) is 7.35. The summed E-state index contributed by atoms with van der Waals surface area (Å²) in [4.78, 5) is 9.04. The van der Waals surface area contributed by atoms with Gasteiger partial charge in [0.2, 0.25) is 0 Å². The van der Waals surface area contributed by atoms with E-state index in [0.29, 0.717) is 6.04 Å². The predicted octanol–water partition coefficient (Wildman–Crippen LogP) is 4.68. The Kier molecular flexibility index (Phi) is 4.20. The molecule has 2 aromatic carbocycles. The van der Waals surface area contributed by atoms with Crippen LogP contribution in [0.2, 0.25) is 0 Å². The highest BCUT2D eigenvalue weighted by molar-refractivity contribution is 5.92. The Hall–Kier alpha value is -3.34. The molecule has 28 heavy (non-hydrogen) atoms. The molecule has 2 heterocycles. The van der Waals surface area contributed by atoms with Gasteiger partial charge in [0.1, 0.15) is 5.82 Å². The summed E-state index contributed by atoms with van der Waals surface area (Å²) in [6, 6.07) is 19.5. The van der Waals surface area contributed by atoms with Crippen LogP contribution in [-0.4, -0.2) is 14.5 Å². The van der Waals surface area contributed by atoms with Gasteiger partial charge in [-0.25, -0.2) is 9.97 Å². The van der Waals surface area contributed by atoms with E-state index in [-0.39, 0.29) is 0 Å². The van der Waals surface area contributed by atoms with Crippen LogP contribution in [0.4, 0.5) is 11.5 Å². The topological polar surface area (TPSA) is 54.8 Å². The van der Waals surface area contributed by atoms with Gasteiger partial charge in [-0.05, 0) is 48.2 Å². The first-order valence-electron chi connectivity index (χ1n) is 9.71. The maximum absolute atomic E-state index is 4.87. The SMILES string of the molecule is Cn1cncc1CNc1cccc2nc(N[C@@H]3CCc4ccccc43)ccc12. The summed E-state index contributed by atoms with van der Waals surface area (Å²) in [5.74, 6) is 0.929. The standard InChI is InChI=1S/C23H23N5/c1-28-15-24-13-17(28)14-25-20-7-4-8-21-19(20)10-12-23(26-21)27-22-11-9-16-5-2-3-6-18(16)22/h2-8,10,12-13,15,22,25H,9,11,14H2,1H3,(H,26,27)/t22-/m1/s1. The molecular weight excluding hydrogens is 346 g/mol. The second-order valence-corrected chi connectivity index (χ2v) is 7.35. The average Bonchev–Trinajstić information content (AvgIpc) is 3.32. The molecule has 0 fully saturated rings. The molecule has 0 saturated heterocycles. The summed E-state index contributed by atoms with van der Waals surface area (Å²) in [5, 5.41) is 8.27. The quantitative estimate of drug-likeness (QED) is 0.536. The maximum Gasteiger partial charge on any atom is 0.127 e. The van der Waals surface area contributed by atoms with Gasteiger partial charge in [-0.15, -0.1) is 0 Å². The number of hydrogen-bond acceptors (Lipinski definition) is 4. The number of nitrogens with zero attached hydrogens (tertiary/aromatic N) is 3. The number of rotatable bonds is 5. The van der Waals surface area contributed by atoms with Crippen molar-refractivity contribution in [1.82, 2.24) is 14.5 Å². The van der Waals surface area contributed by atoms with Crippen LogP contribution in [0.5, 0.6) is 0 Å². The Balaban J connectivity index is 1.37. The van der Waals surface area contributed by atoms with Gasteiger partial charge in [0.05, 0.1) is 30.1 Å². The van der Waals surface area contributed by atoms with Crippen LogP contribution < -0.4 is 10.6 Å². The first-order valence-corrected chi connectivity index (χ1v) is 9.71. The highest BCUT2D eigenvalue weighted by Gasteiger charge is 2.22. The molecule has 5 nitrogen and oxygen atoms in total. The Labute approximate surface area is 164 Å². The number of aryl methyl sites for hydroxylation is 2. The molecule has 0 aliphatic heterocycles. The van der Waals surface area contributed by atoms with Gasteiger partial charge in [-0.3, -0.25) is 0 Å². The molecule has 0 saturated carbocycles. The van der Waals surface area contributed by atoms with E-state index in [9.17, 15) is 0 Å². The summed E-state index contributed by atoms with van der Waals surface area (Å²) in [5.41, 5.74) is 6.07. The van der Waals surface area contributed by atoms with Crippen molar-refractivity contribution < 1.29 is 0 Å². The van der Waals surface area contributed by atoms with E-state index >= 15 is 0 Å². The predicted molar refractivity (Wildman–Crippen MR) is 113 cm³/mol. The third kappa shape index (κ3) is 3.09. The van der Waals surface area contributed by atoms with Gasteiger partial charge in [-0.1, -0.05) is 30.3 Å². The molecule has 5 heteroatoms. The lowest BCUT2D eigenvalue weighted by Crippen LogP contribution is -2.08. The van der Waals surface area contributed by atoms with Crippen LogP contribution >= 0.6 is 0 Å². The monoisotopic (exact) mass is 369 g/mol. The van der Waals surface area contributed by atoms with E-state index in [1.54, 1.807) is 0 Å². The zero-order valence-electron chi connectivity index (χ0n) is 15.9. The molecule has 1 aliphatic carbocycles. The molecule has 0 bridgehead atoms. The summed E-state index contributed by atoms with van der Waals surface area (Å²) in [6.45, 7) is 0.731. The van der Waals surface area contributed by atoms with Gasteiger partial charge in [0.25, 0.3) is 0 Å². The van der Waals surface area contributed by atoms with Crippen molar-refractivity contribution in [1.29, 1.82) is 0 Å². The van der Waals surface area contributed by atoms with E-state index in [1.165, 1.54) is 11.1 Å². The number of fused-ring (bicyclic) bond motifs is 2. The summed E-state index contributed by atoms with van der Waals surface area (Å²) in [7, 11) is 2.01. The number of aromatic nitrogens is 3. The largest absolute Gasteiger partial charge is 0.379 e. The normalized spacial score (nSPS) is 15.5. The maximum atomic E-state index is 4.87. The van der Waals surface area contributed by atoms with Gasteiger partial charge in [0, 0.05) is 24.3 Å². The third-order valence-corrected chi connectivity index (χ3v) is 5.56. The minimum atomic E-state index is 0.340. The van der Waals surface area contributed by atoms with Crippen molar-refractivity contribution in [3.63, 3.8) is 0 Å². The minimum absolute atomic E-state index is 0.340. The Morgan fingerprint density at radius 2 is 2.00 bits per heavy atom. The number of imidazole rings is 1. The lowest BCUT2D eigenvalue weighted by molar-refractivity contribution is 0.758. The van der Waals surface area contributed by atoms with Crippen molar-refractivity contribution in [3.8, 4) is 0 Å². The molecule has 0 spiro atoms. The zero-order valence-corrected chi connectivity index (χ0v) is 15.9. The summed E-state index contributed by atoms with van der Waals surface area (Å²) < 4.78 is 2.03. The van der Waals surface area contributed by atoms with Gasteiger partial charge >= 0.3 is 0 Å². The molecule has 1 aliphatic rings. The van der Waals surface area contributed by atoms with Crippen LogP contribution in [0, 0.1) is 0 Å². The molecule has 2 N–H and O–H groups in total. The van der Waals surface area contributed by atoms with E-state index in [4.69, 9.17) is 4.98 Å². The molecule has 5 rings (SSSR count). The summed E-state index contributed by atoms with van der Waals surface area (Å²) in [6.07, 6.45) is 5.95. The van der Waals surface area contributed by atoms with Crippen molar-refractivity contribution >= 4 is 22.4 Å². The molecule has 4 aromatic rings. The van der Waals surface area contributed by atoms with Crippen LogP contribution in [0.3, 0.4) is 0 Å². The lowest BCUT2D eigenvalue weighted by Gasteiger charge is -2.16. The van der Waals surface area contributed by atoms with Crippen LogP contribution in [-0.2, 0) is 20.0 Å². The highest BCUT2D eigenvalue weighted by Crippen LogP contribution is 2.34. The van der Waals surface area contributed by atoms with Crippen LogP contribution in [0.15, 0.2) is 67.1 Å². The van der Waals surface area contributed by atoms with Crippen molar-refractivity contribution in [2.24, 2.45) is 7.05 Å². The second kappa shape index (κ2) is 7.00. The van der Waals surface area contributed by atoms with Gasteiger partial charge in [0.15, 0.2) is 0 Å². The Morgan fingerprint density at radius 3 is 2.89 bits per heavy atom. The number of anilines is 2. The first-order chi connectivity index (χ1) is 13.8. The Bertz CT molecular complexity index is 1130. The molecule has 0 amide bonds. The van der Waals surface area contributed by atoms with Crippen LogP contribution in [0.25, 0.3) is 10.9 Å². The molecular formula is C23H23N5. The lowest BCUT2D eigenvalue weighted by atomic mass is 10.1. The fourth-order valence-electron chi connectivity index (χ4n) is 4.02. The third-order valence-electron chi connectivity index (χ3n) is 5.56. The molecule has 2 aromatic heterocycles. The van der Waals surface area contributed by atoms with E-state index in [2.05, 4.69) is 70.2 Å². The van der Waals surface area contributed by atoms with Crippen LogP contribution in [0.1, 0.15) is 29.3 Å². The first kappa shape index (κ1) is 16.8. The van der Waals surface area contributed by atoms with E-state index < -0.39 is 0 Å². The minimum Gasteiger partial charge on any atom is -0.379 e. The molecule has 0 radical (unpaired) electrons. The van der Waals surface area contributed by atoms with Crippen molar-refractivity contribution in [3.05, 3.63) is 83.9 Å². The fourth-order valence-corrected chi connectivity index (χ4v) is 4.02. The fraction of sp³-hybridized carbons (Fsp3) is 0.217. The highest BCUT2D eigenvalue weighted by atomic mass is 15.0. The van der Waals surface area contributed by atoms with E-state index in [0.717, 1.165) is 47.5 Å². The number of pyridine rings is 1. The number of benzene rings is 2. The van der Waals surface area contributed by atoms with E-state index in [1.807, 2.05) is 24.1 Å². The Morgan fingerprint density at radius 1 is 1.07 bits per heavy atom. The number of nitrogens with one attached hydrogen (secondary N) is 2. The van der Waals surface area contributed by atoms with Gasteiger partial charge < -0.3 is 15.2 Å². The smallest absolute Gasteiger partial charge is 0.127 e. The molecule has 1 atom stereocenters. The van der Waals surface area contributed by atoms with Crippen molar-refractivity contribution in [2.75, 3.05) is 10.6 Å². The molecule has 0 unspecified atom stereocenters. The zero-order chi connectivity index (χ0) is 18.9. The summed E-state index contributed by atoms with van der Waals surface area (Å²) >= 11 is 0. The average molecular weight is 369 g/mol. The van der Waals surface area contributed by atoms with Crippen molar-refractivity contribution in [2.45, 2.75) is 25.4 Å². The number of hydrogen-bond donors (Lipinski definition) is 2. The van der Waals surface area contributed by atoms with Gasteiger partial charge in [-0.2, -0.15) is 0 Å². The molecule has 140 valence electrons.